The Hall–Kier alpha value is -1.07. The highest BCUT2D eigenvalue weighted by molar-refractivity contribution is 7.89. The molecule has 0 saturated heterocycles. The van der Waals surface area contributed by atoms with Crippen molar-refractivity contribution >= 4 is 15.7 Å². The molecule has 0 amide bonds. The van der Waals surface area contributed by atoms with Crippen molar-refractivity contribution < 1.29 is 8.42 Å². The molecule has 0 heterocycles. The molecule has 0 fully saturated rings. The van der Waals surface area contributed by atoms with Crippen molar-refractivity contribution in [3.05, 3.63) is 24.3 Å². The van der Waals surface area contributed by atoms with E-state index in [0.29, 0.717) is 6.54 Å². The molecule has 3 N–H and O–H groups in total. The molecule has 0 aliphatic carbocycles. The lowest BCUT2D eigenvalue weighted by molar-refractivity contribution is 0.320. The Morgan fingerprint density at radius 2 is 1.85 bits per heavy atom. The molecule has 20 heavy (non-hydrogen) atoms. The summed E-state index contributed by atoms with van der Waals surface area (Å²) < 4.78 is 27.2. The lowest BCUT2D eigenvalue weighted by Crippen LogP contribution is -2.34. The van der Waals surface area contributed by atoms with Crippen LogP contribution in [0.4, 0.5) is 5.69 Å². The molecule has 0 saturated carbocycles. The number of para-hydroxylation sites is 1. The highest BCUT2D eigenvalue weighted by Gasteiger charge is 2.23. The Morgan fingerprint density at radius 3 is 2.45 bits per heavy atom. The molecule has 1 rings (SSSR count). The Bertz CT molecular complexity index is 524. The number of benzene rings is 1. The molecule has 0 radical (unpaired) electrons. The third kappa shape index (κ3) is 5.13. The minimum Gasteiger partial charge on any atom is -0.398 e. The number of hydrogen-bond donors (Lipinski definition) is 2. The number of sulfonamides is 1. The van der Waals surface area contributed by atoms with E-state index >= 15 is 0 Å². The predicted molar refractivity (Wildman–Crippen MR) is 84.0 cm³/mol. The van der Waals surface area contributed by atoms with E-state index in [9.17, 15) is 8.42 Å². The fourth-order valence-corrected chi connectivity index (χ4v) is 3.41. The molecule has 1 aromatic rings. The first-order valence-electron chi connectivity index (χ1n) is 7.13. The van der Waals surface area contributed by atoms with Crippen LogP contribution in [0.15, 0.2) is 29.2 Å². The summed E-state index contributed by atoms with van der Waals surface area (Å²) in [5.41, 5.74) is 5.96. The number of rotatable bonds is 8. The maximum atomic E-state index is 12.2. The van der Waals surface area contributed by atoms with Crippen LogP contribution in [0.2, 0.25) is 0 Å². The van der Waals surface area contributed by atoms with Gasteiger partial charge in [-0.1, -0.05) is 52.2 Å². The first kappa shape index (κ1) is 17.0. The molecule has 0 aliphatic rings. The summed E-state index contributed by atoms with van der Waals surface area (Å²) in [6, 6.07) is 6.53. The van der Waals surface area contributed by atoms with E-state index in [1.54, 1.807) is 18.2 Å². The molecule has 5 heteroatoms. The summed E-state index contributed by atoms with van der Waals surface area (Å²) in [6.07, 6.45) is 4.48. The van der Waals surface area contributed by atoms with Crippen LogP contribution in [0.1, 0.15) is 46.5 Å². The SMILES string of the molecule is CCCCCC(C)(C)CNS(=O)(=O)c1ccccc1N. The molecule has 0 aliphatic heterocycles. The molecule has 114 valence electrons. The number of nitrogens with one attached hydrogen (secondary N) is 1. The van der Waals surface area contributed by atoms with Gasteiger partial charge < -0.3 is 5.73 Å². The van der Waals surface area contributed by atoms with Gasteiger partial charge in [0.15, 0.2) is 0 Å². The van der Waals surface area contributed by atoms with Gasteiger partial charge in [0, 0.05) is 6.54 Å². The van der Waals surface area contributed by atoms with Crippen LogP contribution >= 0.6 is 0 Å². The van der Waals surface area contributed by atoms with Crippen LogP contribution < -0.4 is 10.5 Å². The van der Waals surface area contributed by atoms with E-state index in [0.717, 1.165) is 12.8 Å². The Balaban J connectivity index is 2.66. The zero-order valence-corrected chi connectivity index (χ0v) is 13.5. The normalized spacial score (nSPS) is 12.6. The average molecular weight is 298 g/mol. The van der Waals surface area contributed by atoms with Gasteiger partial charge in [-0.25, -0.2) is 13.1 Å². The van der Waals surface area contributed by atoms with Crippen LogP contribution in [0, 0.1) is 5.41 Å². The van der Waals surface area contributed by atoms with Gasteiger partial charge in [0.25, 0.3) is 0 Å². The number of anilines is 1. The van der Waals surface area contributed by atoms with Crippen LogP contribution in [0.5, 0.6) is 0 Å². The van der Waals surface area contributed by atoms with Crippen molar-refractivity contribution in [2.75, 3.05) is 12.3 Å². The predicted octanol–water partition coefficient (Wildman–Crippen LogP) is 3.15. The second-order valence-corrected chi connectivity index (χ2v) is 7.72. The van der Waals surface area contributed by atoms with Crippen LogP contribution in [0.3, 0.4) is 0 Å². The molecular formula is C15H26N2O2S. The summed E-state index contributed by atoms with van der Waals surface area (Å²) in [5, 5.41) is 0. The van der Waals surface area contributed by atoms with Crippen LogP contribution in [-0.2, 0) is 10.0 Å². The van der Waals surface area contributed by atoms with Crippen LogP contribution in [0.25, 0.3) is 0 Å². The fourth-order valence-electron chi connectivity index (χ4n) is 2.04. The highest BCUT2D eigenvalue weighted by Crippen LogP contribution is 2.24. The lowest BCUT2D eigenvalue weighted by atomic mass is 9.87. The Labute approximate surface area is 122 Å². The quantitative estimate of drug-likeness (QED) is 0.572. The Morgan fingerprint density at radius 1 is 1.20 bits per heavy atom. The van der Waals surface area contributed by atoms with E-state index in [4.69, 9.17) is 5.73 Å². The van der Waals surface area contributed by atoms with Gasteiger partial charge in [-0.05, 0) is 24.0 Å². The third-order valence-corrected chi connectivity index (χ3v) is 4.88. The van der Waals surface area contributed by atoms with E-state index in [2.05, 4.69) is 25.5 Å². The second kappa shape index (κ2) is 7.09. The third-order valence-electron chi connectivity index (χ3n) is 3.41. The standard InChI is InChI=1S/C15H26N2O2S/c1-4-5-8-11-15(2,3)12-17-20(18,19)14-10-7-6-9-13(14)16/h6-7,9-10,17H,4-5,8,11-12,16H2,1-3H3. The second-order valence-electron chi connectivity index (χ2n) is 5.98. The molecule has 1 aromatic carbocycles. The molecule has 0 atom stereocenters. The van der Waals surface area contributed by atoms with Crippen molar-refractivity contribution in [3.63, 3.8) is 0 Å². The summed E-state index contributed by atoms with van der Waals surface area (Å²) >= 11 is 0. The number of unbranched alkanes of at least 4 members (excludes halogenated alkanes) is 2. The fraction of sp³-hybridized carbons (Fsp3) is 0.600. The van der Waals surface area contributed by atoms with Gasteiger partial charge in [0.2, 0.25) is 10.0 Å². The zero-order valence-electron chi connectivity index (χ0n) is 12.6. The Kier molecular flexibility index (Phi) is 6.02. The first-order valence-corrected chi connectivity index (χ1v) is 8.61. The summed E-state index contributed by atoms with van der Waals surface area (Å²) in [5.74, 6) is 0. The minimum atomic E-state index is -3.53. The maximum absolute atomic E-state index is 12.2. The molecule has 0 aromatic heterocycles. The van der Waals surface area contributed by atoms with Gasteiger partial charge in [-0.2, -0.15) is 0 Å². The summed E-state index contributed by atoms with van der Waals surface area (Å²) in [7, 11) is -3.53. The summed E-state index contributed by atoms with van der Waals surface area (Å²) in [4.78, 5) is 0.157. The van der Waals surface area contributed by atoms with Gasteiger partial charge in [0.1, 0.15) is 4.90 Å². The largest absolute Gasteiger partial charge is 0.398 e. The molecule has 0 spiro atoms. The van der Waals surface area contributed by atoms with Crippen molar-refractivity contribution in [1.29, 1.82) is 0 Å². The highest BCUT2D eigenvalue weighted by atomic mass is 32.2. The first-order chi connectivity index (χ1) is 9.28. The topological polar surface area (TPSA) is 72.2 Å². The molecule has 0 bridgehead atoms. The van der Waals surface area contributed by atoms with Crippen molar-refractivity contribution in [2.24, 2.45) is 5.41 Å². The number of nitrogens with two attached hydrogens (primary N) is 1. The van der Waals surface area contributed by atoms with E-state index in [1.165, 1.54) is 18.9 Å². The van der Waals surface area contributed by atoms with Gasteiger partial charge in [-0.3, -0.25) is 0 Å². The smallest absolute Gasteiger partial charge is 0.242 e. The van der Waals surface area contributed by atoms with Crippen molar-refractivity contribution in [3.8, 4) is 0 Å². The molecular weight excluding hydrogens is 272 g/mol. The van der Waals surface area contributed by atoms with Crippen molar-refractivity contribution in [1.82, 2.24) is 4.72 Å². The zero-order chi connectivity index (χ0) is 15.2. The molecule has 0 unspecified atom stereocenters. The van der Waals surface area contributed by atoms with Gasteiger partial charge in [-0.15, -0.1) is 0 Å². The lowest BCUT2D eigenvalue weighted by Gasteiger charge is -2.25. The van der Waals surface area contributed by atoms with Gasteiger partial charge >= 0.3 is 0 Å². The number of hydrogen-bond acceptors (Lipinski definition) is 3. The van der Waals surface area contributed by atoms with Gasteiger partial charge in [0.05, 0.1) is 5.69 Å². The van der Waals surface area contributed by atoms with E-state index < -0.39 is 10.0 Å². The van der Waals surface area contributed by atoms with E-state index in [1.807, 2.05) is 0 Å². The maximum Gasteiger partial charge on any atom is 0.242 e. The van der Waals surface area contributed by atoms with Crippen molar-refractivity contribution in [2.45, 2.75) is 51.3 Å². The van der Waals surface area contributed by atoms with E-state index in [-0.39, 0.29) is 16.0 Å². The average Bonchev–Trinajstić information content (AvgIpc) is 2.37. The summed E-state index contributed by atoms with van der Waals surface area (Å²) in [6.45, 7) is 6.75. The molecule has 4 nitrogen and oxygen atoms in total. The van der Waals surface area contributed by atoms with Crippen LogP contribution in [-0.4, -0.2) is 15.0 Å². The monoisotopic (exact) mass is 298 g/mol. The minimum absolute atomic E-state index is 0.0498. The number of nitrogen functional groups attached to an aromatic ring is 1.